The molecular formula is C14H15F5O2. The van der Waals surface area contributed by atoms with E-state index in [0.29, 0.717) is 0 Å². The number of halogens is 5. The van der Waals surface area contributed by atoms with E-state index in [1.54, 1.807) is 27.7 Å². The van der Waals surface area contributed by atoms with E-state index in [0.717, 1.165) is 0 Å². The minimum absolute atomic E-state index is 0.185. The molecule has 0 saturated heterocycles. The van der Waals surface area contributed by atoms with E-state index in [-0.39, 0.29) is 11.8 Å². The molecule has 21 heavy (non-hydrogen) atoms. The smallest absolute Gasteiger partial charge is 0.344 e. The van der Waals surface area contributed by atoms with Crippen LogP contribution in [0.2, 0.25) is 0 Å². The summed E-state index contributed by atoms with van der Waals surface area (Å²) in [6.45, 7) is 6.82. The molecule has 0 saturated carbocycles. The zero-order valence-electron chi connectivity index (χ0n) is 11.9. The number of benzene rings is 1. The van der Waals surface area contributed by atoms with E-state index in [9.17, 15) is 26.7 Å². The van der Waals surface area contributed by atoms with Crippen molar-refractivity contribution in [2.45, 2.75) is 33.8 Å². The molecule has 0 aliphatic carbocycles. The standard InChI is InChI=1S/C14H15F5O2/c1-5(2)13(6(3)4)21-14(20)7-8(15)10(17)12(19)11(18)9(7)16/h5-6,13H,1-4H3. The first-order valence-electron chi connectivity index (χ1n) is 6.31. The van der Waals surface area contributed by atoms with Crippen molar-refractivity contribution in [3.63, 3.8) is 0 Å². The van der Waals surface area contributed by atoms with Crippen molar-refractivity contribution < 1.29 is 31.5 Å². The third-order valence-electron chi connectivity index (χ3n) is 2.97. The van der Waals surface area contributed by atoms with Crippen molar-refractivity contribution in [3.05, 3.63) is 34.6 Å². The van der Waals surface area contributed by atoms with Crippen molar-refractivity contribution in [1.82, 2.24) is 0 Å². The van der Waals surface area contributed by atoms with Crippen LogP contribution in [0, 0.1) is 40.9 Å². The Balaban J connectivity index is 3.26. The first-order valence-corrected chi connectivity index (χ1v) is 6.31. The molecule has 0 aromatic heterocycles. The second-order valence-electron chi connectivity index (χ2n) is 5.30. The summed E-state index contributed by atoms with van der Waals surface area (Å²) in [7, 11) is 0. The van der Waals surface area contributed by atoms with Gasteiger partial charge in [0.15, 0.2) is 23.3 Å². The van der Waals surface area contributed by atoms with Crippen LogP contribution in [0.15, 0.2) is 0 Å². The van der Waals surface area contributed by atoms with Gasteiger partial charge in [0.2, 0.25) is 5.82 Å². The van der Waals surface area contributed by atoms with Gasteiger partial charge >= 0.3 is 5.97 Å². The molecule has 0 aliphatic rings. The molecule has 1 aromatic rings. The van der Waals surface area contributed by atoms with Crippen LogP contribution in [0.1, 0.15) is 38.1 Å². The number of rotatable bonds is 4. The van der Waals surface area contributed by atoms with Crippen LogP contribution in [0.25, 0.3) is 0 Å². The number of carbonyl (C=O) groups excluding carboxylic acids is 1. The summed E-state index contributed by atoms with van der Waals surface area (Å²) < 4.78 is 70.9. The zero-order chi connectivity index (χ0) is 16.5. The normalized spacial score (nSPS) is 11.6. The third-order valence-corrected chi connectivity index (χ3v) is 2.97. The summed E-state index contributed by atoms with van der Waals surface area (Å²) in [5.74, 6) is -13.0. The van der Waals surface area contributed by atoms with Crippen LogP contribution in [0.5, 0.6) is 0 Å². The Bertz CT molecular complexity index is 518. The molecule has 2 nitrogen and oxygen atoms in total. The fourth-order valence-corrected chi connectivity index (χ4v) is 2.01. The molecule has 0 atom stereocenters. The Kier molecular flexibility index (Phi) is 5.31. The Labute approximate surface area is 118 Å². The van der Waals surface area contributed by atoms with E-state index >= 15 is 0 Å². The van der Waals surface area contributed by atoms with E-state index < -0.39 is 46.7 Å². The summed E-state index contributed by atoms with van der Waals surface area (Å²) in [6, 6.07) is 0. The summed E-state index contributed by atoms with van der Waals surface area (Å²) in [4.78, 5) is 11.8. The van der Waals surface area contributed by atoms with E-state index in [1.165, 1.54) is 0 Å². The Morgan fingerprint density at radius 2 is 1.10 bits per heavy atom. The lowest BCUT2D eigenvalue weighted by molar-refractivity contribution is 0.00202. The monoisotopic (exact) mass is 310 g/mol. The minimum atomic E-state index is -2.31. The van der Waals surface area contributed by atoms with Crippen molar-refractivity contribution in [1.29, 1.82) is 0 Å². The number of carbonyl (C=O) groups is 1. The van der Waals surface area contributed by atoms with E-state index in [4.69, 9.17) is 4.74 Å². The lowest BCUT2D eigenvalue weighted by atomic mass is 9.96. The SMILES string of the molecule is CC(C)C(OC(=O)c1c(F)c(F)c(F)c(F)c1F)C(C)C. The van der Waals surface area contributed by atoms with Crippen LogP contribution in [0.3, 0.4) is 0 Å². The molecule has 0 unspecified atom stereocenters. The summed E-state index contributed by atoms with van der Waals surface area (Å²) in [5.41, 5.74) is -1.57. The van der Waals surface area contributed by atoms with Crippen molar-refractivity contribution in [2.75, 3.05) is 0 Å². The van der Waals surface area contributed by atoms with Gasteiger partial charge < -0.3 is 4.74 Å². The van der Waals surface area contributed by atoms with Crippen LogP contribution in [0.4, 0.5) is 22.0 Å². The van der Waals surface area contributed by atoms with Gasteiger partial charge in [0.1, 0.15) is 11.7 Å². The molecule has 1 rings (SSSR count). The number of ether oxygens (including phenoxy) is 1. The highest BCUT2D eigenvalue weighted by atomic mass is 19.2. The minimum Gasteiger partial charge on any atom is -0.458 e. The molecule has 0 heterocycles. The molecule has 7 heteroatoms. The van der Waals surface area contributed by atoms with Gasteiger partial charge in [-0.2, -0.15) is 0 Å². The predicted molar refractivity (Wildman–Crippen MR) is 65.1 cm³/mol. The van der Waals surface area contributed by atoms with Crippen LogP contribution < -0.4 is 0 Å². The molecule has 0 bridgehead atoms. The molecule has 0 aliphatic heterocycles. The van der Waals surface area contributed by atoms with Gasteiger partial charge in [0, 0.05) is 0 Å². The van der Waals surface area contributed by atoms with Gasteiger partial charge in [-0.25, -0.2) is 26.7 Å². The summed E-state index contributed by atoms with van der Waals surface area (Å²) in [6.07, 6.45) is -0.715. The second-order valence-corrected chi connectivity index (χ2v) is 5.30. The molecule has 0 N–H and O–H groups in total. The van der Waals surface area contributed by atoms with E-state index in [2.05, 4.69) is 0 Å². The quantitative estimate of drug-likeness (QED) is 0.360. The van der Waals surface area contributed by atoms with Gasteiger partial charge in [-0.15, -0.1) is 0 Å². The van der Waals surface area contributed by atoms with Crippen molar-refractivity contribution in [2.24, 2.45) is 11.8 Å². The largest absolute Gasteiger partial charge is 0.458 e. The maximum atomic E-state index is 13.5. The maximum Gasteiger partial charge on any atom is 0.344 e. The first-order chi connectivity index (χ1) is 9.59. The Morgan fingerprint density at radius 3 is 1.43 bits per heavy atom. The fourth-order valence-electron chi connectivity index (χ4n) is 2.01. The zero-order valence-corrected chi connectivity index (χ0v) is 11.9. The number of hydrogen-bond donors (Lipinski definition) is 0. The first kappa shape index (κ1) is 17.4. The van der Waals surface area contributed by atoms with Gasteiger partial charge in [-0.3, -0.25) is 0 Å². The lowest BCUT2D eigenvalue weighted by Crippen LogP contribution is -2.30. The average Bonchev–Trinajstić information content (AvgIpc) is 2.39. The predicted octanol–water partition coefficient (Wildman–Crippen LogP) is 4.22. The maximum absolute atomic E-state index is 13.5. The Hall–Kier alpha value is -1.66. The fraction of sp³-hybridized carbons (Fsp3) is 0.500. The second kappa shape index (κ2) is 6.41. The van der Waals surface area contributed by atoms with Gasteiger partial charge in [0.05, 0.1) is 0 Å². The van der Waals surface area contributed by atoms with Crippen LogP contribution in [-0.4, -0.2) is 12.1 Å². The van der Waals surface area contributed by atoms with Crippen molar-refractivity contribution >= 4 is 5.97 Å². The average molecular weight is 310 g/mol. The molecule has 0 fully saturated rings. The molecule has 0 amide bonds. The summed E-state index contributed by atoms with van der Waals surface area (Å²) >= 11 is 0. The molecule has 0 radical (unpaired) electrons. The van der Waals surface area contributed by atoms with Gasteiger partial charge in [-0.05, 0) is 11.8 Å². The Morgan fingerprint density at radius 1 is 0.762 bits per heavy atom. The molecule has 118 valence electrons. The summed E-state index contributed by atoms with van der Waals surface area (Å²) in [5, 5.41) is 0. The number of esters is 1. The third kappa shape index (κ3) is 3.33. The lowest BCUT2D eigenvalue weighted by Gasteiger charge is -2.25. The highest BCUT2D eigenvalue weighted by Gasteiger charge is 2.32. The highest BCUT2D eigenvalue weighted by molar-refractivity contribution is 5.90. The highest BCUT2D eigenvalue weighted by Crippen LogP contribution is 2.25. The molecular weight excluding hydrogens is 295 g/mol. The van der Waals surface area contributed by atoms with Gasteiger partial charge in [-0.1, -0.05) is 27.7 Å². The van der Waals surface area contributed by atoms with E-state index in [1.807, 2.05) is 0 Å². The topological polar surface area (TPSA) is 26.3 Å². The van der Waals surface area contributed by atoms with Crippen molar-refractivity contribution in [3.8, 4) is 0 Å². The van der Waals surface area contributed by atoms with Crippen LogP contribution >= 0.6 is 0 Å². The molecule has 0 spiro atoms. The molecule has 1 aromatic carbocycles. The van der Waals surface area contributed by atoms with Gasteiger partial charge in [0.25, 0.3) is 0 Å². The van der Waals surface area contributed by atoms with Crippen LogP contribution in [-0.2, 0) is 4.74 Å². The number of hydrogen-bond acceptors (Lipinski definition) is 2.